The van der Waals surface area contributed by atoms with Gasteiger partial charge in [0, 0.05) is 18.9 Å². The first-order valence-corrected chi connectivity index (χ1v) is 4.11. The lowest BCUT2D eigenvalue weighted by molar-refractivity contribution is 0.482. The predicted molar refractivity (Wildman–Crippen MR) is 48.9 cm³/mol. The Kier molecular flexibility index (Phi) is 1.44. The van der Waals surface area contributed by atoms with Crippen LogP contribution in [0.2, 0.25) is 0 Å². The second-order valence-electron chi connectivity index (χ2n) is 2.21. The number of halogens is 1. The van der Waals surface area contributed by atoms with Gasteiger partial charge in [-0.3, -0.25) is 3.11 Å². The zero-order valence-electron chi connectivity index (χ0n) is 5.37. The van der Waals surface area contributed by atoms with Crippen molar-refractivity contribution in [2.75, 3.05) is 6.54 Å². The standard InChI is InChI=1S/C7H7IN2/c8-10-6-5-9-4-2-1-3-7(9)10/h1-3,5-6H,4H2. The molecule has 0 spiro atoms. The maximum atomic E-state index is 2.27. The van der Waals surface area contributed by atoms with Crippen molar-refractivity contribution in [3.63, 3.8) is 0 Å². The summed E-state index contributed by atoms with van der Waals surface area (Å²) in [5, 5.41) is 0. The molecule has 2 rings (SSSR count). The van der Waals surface area contributed by atoms with Crippen molar-refractivity contribution in [1.82, 2.24) is 8.01 Å². The van der Waals surface area contributed by atoms with Gasteiger partial charge < -0.3 is 4.90 Å². The quantitative estimate of drug-likeness (QED) is 0.475. The van der Waals surface area contributed by atoms with E-state index in [9.17, 15) is 0 Å². The number of allylic oxidation sites excluding steroid dienone is 2. The van der Waals surface area contributed by atoms with E-state index in [0.717, 1.165) is 6.54 Å². The summed E-state index contributed by atoms with van der Waals surface area (Å²) in [6, 6.07) is 0. The van der Waals surface area contributed by atoms with Crippen LogP contribution in [0.3, 0.4) is 0 Å². The van der Waals surface area contributed by atoms with Crippen LogP contribution < -0.4 is 0 Å². The summed E-state index contributed by atoms with van der Waals surface area (Å²) in [6.07, 6.45) is 10.5. The van der Waals surface area contributed by atoms with E-state index in [0.29, 0.717) is 0 Å². The van der Waals surface area contributed by atoms with Crippen LogP contribution >= 0.6 is 22.9 Å². The van der Waals surface area contributed by atoms with E-state index in [1.807, 2.05) is 0 Å². The normalized spacial score (nSPS) is 21.5. The molecule has 0 radical (unpaired) electrons. The Hall–Kier alpha value is -0.450. The minimum atomic E-state index is 1.00. The minimum Gasteiger partial charge on any atom is -0.329 e. The van der Waals surface area contributed by atoms with Gasteiger partial charge in [0.25, 0.3) is 0 Å². The van der Waals surface area contributed by atoms with Crippen molar-refractivity contribution < 1.29 is 0 Å². The molecular weight excluding hydrogens is 239 g/mol. The van der Waals surface area contributed by atoms with Gasteiger partial charge in [-0.25, -0.2) is 0 Å². The Balaban J connectivity index is 2.32. The molecule has 0 aromatic carbocycles. The average molecular weight is 246 g/mol. The van der Waals surface area contributed by atoms with Gasteiger partial charge >= 0.3 is 0 Å². The molecule has 2 aliphatic heterocycles. The summed E-state index contributed by atoms with van der Waals surface area (Å²) < 4.78 is 2.08. The van der Waals surface area contributed by atoms with Crippen LogP contribution in [0.15, 0.2) is 36.4 Å². The second-order valence-corrected chi connectivity index (χ2v) is 3.25. The monoisotopic (exact) mass is 246 g/mol. The molecule has 10 heavy (non-hydrogen) atoms. The van der Waals surface area contributed by atoms with Crippen LogP contribution in [-0.2, 0) is 0 Å². The van der Waals surface area contributed by atoms with E-state index >= 15 is 0 Å². The summed E-state index contributed by atoms with van der Waals surface area (Å²) in [7, 11) is 0. The molecule has 3 heteroatoms. The molecular formula is C7H7IN2. The highest BCUT2D eigenvalue weighted by Gasteiger charge is 2.16. The lowest BCUT2D eigenvalue weighted by Gasteiger charge is -2.21. The fourth-order valence-electron chi connectivity index (χ4n) is 1.06. The average Bonchev–Trinajstić information content (AvgIpc) is 2.34. The smallest absolute Gasteiger partial charge is 0.121 e. The van der Waals surface area contributed by atoms with Crippen molar-refractivity contribution in [1.29, 1.82) is 0 Å². The summed E-state index contributed by atoms with van der Waals surface area (Å²) in [5.74, 6) is 1.25. The highest BCUT2D eigenvalue weighted by molar-refractivity contribution is 14.1. The number of hydrogen-bond donors (Lipinski definition) is 0. The Bertz CT molecular complexity index is 230. The van der Waals surface area contributed by atoms with Gasteiger partial charge in [0.1, 0.15) is 5.82 Å². The molecule has 2 aliphatic rings. The number of hydrogen-bond acceptors (Lipinski definition) is 2. The van der Waals surface area contributed by atoms with Gasteiger partial charge in [0.15, 0.2) is 0 Å². The molecule has 52 valence electrons. The molecule has 0 bridgehead atoms. The van der Waals surface area contributed by atoms with Crippen molar-refractivity contribution in [3.05, 3.63) is 36.4 Å². The SMILES string of the molecule is IN1C=CN2CC=CC=C12. The summed E-state index contributed by atoms with van der Waals surface area (Å²) in [6.45, 7) is 1.00. The Morgan fingerprint density at radius 1 is 1.40 bits per heavy atom. The fraction of sp³-hybridized carbons (Fsp3) is 0.143. The van der Waals surface area contributed by atoms with E-state index in [4.69, 9.17) is 0 Å². The number of rotatable bonds is 0. The summed E-state index contributed by atoms with van der Waals surface area (Å²) >= 11 is 2.27. The van der Waals surface area contributed by atoms with Gasteiger partial charge in [0.2, 0.25) is 0 Å². The topological polar surface area (TPSA) is 6.48 Å². The Morgan fingerprint density at radius 3 is 3.10 bits per heavy atom. The summed E-state index contributed by atoms with van der Waals surface area (Å²) in [4.78, 5) is 2.20. The zero-order chi connectivity index (χ0) is 6.97. The Labute approximate surface area is 74.0 Å². The molecule has 2 heterocycles. The zero-order valence-corrected chi connectivity index (χ0v) is 7.52. The van der Waals surface area contributed by atoms with Crippen LogP contribution in [-0.4, -0.2) is 14.6 Å². The minimum absolute atomic E-state index is 1.00. The first-order chi connectivity index (χ1) is 4.88. The molecule has 0 amide bonds. The first kappa shape index (κ1) is 6.27. The molecule has 0 atom stereocenters. The predicted octanol–water partition coefficient (Wildman–Crippen LogP) is 1.84. The van der Waals surface area contributed by atoms with Crippen LogP contribution in [0.1, 0.15) is 0 Å². The Morgan fingerprint density at radius 2 is 2.30 bits per heavy atom. The lowest BCUT2D eigenvalue weighted by Crippen LogP contribution is -2.19. The van der Waals surface area contributed by atoms with Gasteiger partial charge in [-0.2, -0.15) is 0 Å². The molecule has 0 fully saturated rings. The fourth-order valence-corrected chi connectivity index (χ4v) is 1.65. The van der Waals surface area contributed by atoms with Crippen molar-refractivity contribution in [2.45, 2.75) is 0 Å². The van der Waals surface area contributed by atoms with E-state index in [1.165, 1.54) is 5.82 Å². The highest BCUT2D eigenvalue weighted by atomic mass is 127. The molecule has 0 aromatic heterocycles. The van der Waals surface area contributed by atoms with Crippen LogP contribution in [0.4, 0.5) is 0 Å². The molecule has 0 saturated carbocycles. The number of nitrogens with zero attached hydrogens (tertiary/aromatic N) is 2. The summed E-state index contributed by atoms with van der Waals surface area (Å²) in [5.41, 5.74) is 0. The lowest BCUT2D eigenvalue weighted by atomic mass is 10.3. The third-order valence-corrected chi connectivity index (χ3v) is 2.39. The van der Waals surface area contributed by atoms with Crippen LogP contribution in [0.5, 0.6) is 0 Å². The number of fused-ring (bicyclic) bond motifs is 1. The van der Waals surface area contributed by atoms with Gasteiger partial charge in [0.05, 0.1) is 22.9 Å². The molecule has 0 aromatic rings. The molecule has 0 N–H and O–H groups in total. The van der Waals surface area contributed by atoms with E-state index in [2.05, 4.69) is 61.5 Å². The first-order valence-electron chi connectivity index (χ1n) is 3.15. The van der Waals surface area contributed by atoms with Crippen LogP contribution in [0, 0.1) is 0 Å². The highest BCUT2D eigenvalue weighted by Crippen LogP contribution is 2.24. The van der Waals surface area contributed by atoms with E-state index in [-0.39, 0.29) is 0 Å². The maximum Gasteiger partial charge on any atom is 0.121 e. The second kappa shape index (κ2) is 2.30. The van der Waals surface area contributed by atoms with Crippen LogP contribution in [0.25, 0.3) is 0 Å². The molecule has 2 nitrogen and oxygen atoms in total. The molecule has 0 aliphatic carbocycles. The maximum absolute atomic E-state index is 2.27. The van der Waals surface area contributed by atoms with Gasteiger partial charge in [-0.05, 0) is 6.08 Å². The van der Waals surface area contributed by atoms with Gasteiger partial charge in [-0.15, -0.1) is 0 Å². The van der Waals surface area contributed by atoms with Gasteiger partial charge in [-0.1, -0.05) is 12.2 Å². The largest absolute Gasteiger partial charge is 0.329 e. The van der Waals surface area contributed by atoms with Crippen molar-refractivity contribution in [2.24, 2.45) is 0 Å². The molecule has 0 saturated heterocycles. The van der Waals surface area contributed by atoms with E-state index < -0.39 is 0 Å². The van der Waals surface area contributed by atoms with Crippen molar-refractivity contribution in [3.8, 4) is 0 Å². The third kappa shape index (κ3) is 0.847. The molecule has 0 unspecified atom stereocenters. The van der Waals surface area contributed by atoms with Crippen molar-refractivity contribution >= 4 is 22.9 Å². The van der Waals surface area contributed by atoms with E-state index in [1.54, 1.807) is 0 Å². The third-order valence-electron chi connectivity index (χ3n) is 1.57.